The zero-order valence-electron chi connectivity index (χ0n) is 9.51. The zero-order chi connectivity index (χ0) is 3.58. The third-order valence-electron chi connectivity index (χ3n) is 0. The van der Waals surface area contributed by atoms with E-state index in [1.165, 1.54) is 0 Å². The van der Waals surface area contributed by atoms with Gasteiger partial charge in [-0.3, -0.25) is 4.46 Å². The fraction of sp³-hybridized carbons (Fsp3) is 0. The Hall–Kier alpha value is 4.71. The molecule has 9 heavy (non-hydrogen) atoms. The second-order valence-corrected chi connectivity index (χ2v) is 0.848. The quantitative estimate of drug-likeness (QED) is 0.437. The minimum atomic E-state index is -3.13. The van der Waals surface area contributed by atoms with E-state index in [0.717, 1.165) is 0 Å². The second-order valence-electron chi connectivity index (χ2n) is 0.283. The van der Waals surface area contributed by atoms with Crippen molar-refractivity contribution < 1.29 is 138 Å². The van der Waals surface area contributed by atoms with E-state index in [9.17, 15) is 0 Å². The predicted octanol–water partition coefficient (Wildman–Crippen LogP) is -7.54. The van der Waals surface area contributed by atoms with E-state index in [-0.39, 0.29) is 162 Å². The summed E-state index contributed by atoms with van der Waals surface area (Å²) < 4.78 is 8.74. The molecule has 40 valence electrons. The van der Waals surface area contributed by atoms with Crippen molar-refractivity contribution in [1.29, 1.82) is 0 Å². The van der Waals surface area contributed by atoms with Gasteiger partial charge >= 0.3 is 117 Å². The molecule has 9 heteroatoms. The van der Waals surface area contributed by atoms with Gasteiger partial charge in [0, 0.05) is 47.9 Å². The van der Waals surface area contributed by atoms with E-state index in [1.54, 1.807) is 0 Å². The van der Waals surface area contributed by atoms with Gasteiger partial charge in [0.2, 0.25) is 0 Å². The van der Waals surface area contributed by atoms with Crippen molar-refractivity contribution in [2.45, 2.75) is 0 Å². The molecule has 0 aliphatic rings. The minimum Gasteiger partial charge on any atom is -1.00 e. The predicted molar refractivity (Wildman–Crippen MR) is 21.1 cm³/mol. The van der Waals surface area contributed by atoms with Crippen molar-refractivity contribution in [1.82, 2.24) is 0 Å². The topological polar surface area (TPSA) is 57.5 Å². The molecule has 0 rings (SSSR count). The van der Waals surface area contributed by atoms with E-state index in [4.69, 9.17) is 14.1 Å². The summed E-state index contributed by atoms with van der Waals surface area (Å²) in [5.74, 6) is 0. The molecule has 0 saturated heterocycles. The molecule has 0 fully saturated rings. The molecule has 0 radical (unpaired) electrons. The fourth-order valence-corrected chi connectivity index (χ4v) is 0. The van der Waals surface area contributed by atoms with E-state index in [0.29, 0.717) is 0 Å². The van der Waals surface area contributed by atoms with E-state index < -0.39 is 9.17 Å². The van der Waals surface area contributed by atoms with Gasteiger partial charge in [-0.05, 0) is 0 Å². The van der Waals surface area contributed by atoms with Gasteiger partial charge in [0.15, 0.2) is 0 Å². The molecule has 3 nitrogen and oxygen atoms in total. The summed E-state index contributed by atoms with van der Waals surface area (Å²) in [4.78, 5) is 14.3. The van der Waals surface area contributed by atoms with Crippen molar-refractivity contribution in [2.24, 2.45) is 0 Å². The van der Waals surface area contributed by atoms with Crippen LogP contribution in [0.5, 0.6) is 0 Å². The molecule has 0 aromatic carbocycles. The Labute approximate surface area is 180 Å². The molecule has 2 N–H and O–H groups in total. The molecule has 0 heterocycles. The van der Waals surface area contributed by atoms with Crippen LogP contribution >= 0.6 is 0 Å². The van der Waals surface area contributed by atoms with Crippen LogP contribution in [0.1, 0.15) is 5.71 Å². The van der Waals surface area contributed by atoms with E-state index in [2.05, 4.69) is 0 Å². The van der Waals surface area contributed by atoms with Crippen molar-refractivity contribution in [3.63, 3.8) is 0 Å². The Morgan fingerprint density at radius 2 is 1.33 bits per heavy atom. The Morgan fingerprint density at radius 3 is 1.33 bits per heavy atom. The van der Waals surface area contributed by atoms with E-state index >= 15 is 0 Å². The molecule has 0 aliphatic heterocycles. The molecule has 0 unspecified atom stereocenters. The van der Waals surface area contributed by atoms with Crippen molar-refractivity contribution in [3.8, 4) is 0 Å². The average Bonchev–Trinajstić information content (AvgIpc) is 0.811. The third-order valence-corrected chi connectivity index (χ3v) is 0. The van der Waals surface area contributed by atoms with Gasteiger partial charge in [-0.1, -0.05) is 0 Å². The Morgan fingerprint density at radius 1 is 1.33 bits per heavy atom. The van der Waals surface area contributed by atoms with Crippen LogP contribution in [0.3, 0.4) is 0 Å². The Kier molecular flexibility index (Phi) is 121. The largest absolute Gasteiger partial charge is 2.00 e. The first-order valence-corrected chi connectivity index (χ1v) is 1.95. The van der Waals surface area contributed by atoms with Crippen molar-refractivity contribution in [3.05, 3.63) is 0 Å². The van der Waals surface area contributed by atoms with E-state index in [1.807, 2.05) is 0 Å². The van der Waals surface area contributed by atoms with Gasteiger partial charge in [-0.2, -0.15) is 0 Å². The molecule has 0 bridgehead atoms. The van der Waals surface area contributed by atoms with Crippen LogP contribution in [0.15, 0.2) is 0 Å². The standard InChI is InChI=1S/Ca.K.Li.H2O3Si.Ti.Zr.4H/c;;;1-4(2)3;;;;;;/h;;;1-2H;;;;;;/q+2;2*+1;;;;4*-1. The smallest absolute Gasteiger partial charge is 1.00 e. The van der Waals surface area contributed by atoms with Gasteiger partial charge in [0.1, 0.15) is 0 Å². The Balaban J connectivity index is -0.00000000125. The molecule has 0 aromatic rings. The molecule has 0 spiro atoms. The maximum atomic E-state index is 8.74. The van der Waals surface area contributed by atoms with Crippen LogP contribution in [0.4, 0.5) is 0 Å². The summed E-state index contributed by atoms with van der Waals surface area (Å²) in [5.41, 5.74) is 0. The van der Waals surface area contributed by atoms with Gasteiger partial charge in [-0.25, -0.2) is 0 Å². The van der Waals surface area contributed by atoms with Crippen LogP contribution in [0.2, 0.25) is 0 Å². The van der Waals surface area contributed by atoms with Crippen molar-refractivity contribution in [2.75, 3.05) is 0 Å². The summed E-state index contributed by atoms with van der Waals surface area (Å²) >= 11 is 0. The van der Waals surface area contributed by atoms with Crippen LogP contribution in [0, 0.1) is 0 Å². The molecule has 0 saturated carbocycles. The van der Waals surface area contributed by atoms with Gasteiger partial charge in [-0.15, -0.1) is 0 Å². The number of rotatable bonds is 0. The minimum absolute atomic E-state index is 0. The third kappa shape index (κ3) is 65.7. The zero-order valence-corrected chi connectivity index (χ0v) is 15.9. The number of hydrogen-bond acceptors (Lipinski definition) is 1. The first kappa shape index (κ1) is 37.3. The maximum absolute atomic E-state index is 8.74. The fourth-order valence-electron chi connectivity index (χ4n) is 0. The second kappa shape index (κ2) is 29.3. The molecular weight excluding hydrogens is 301 g/mol. The normalized spacial score (nSPS) is 2.67. The summed E-state index contributed by atoms with van der Waals surface area (Å²) in [5, 5.41) is 0. The van der Waals surface area contributed by atoms with Crippen LogP contribution in [-0.4, -0.2) is 56.5 Å². The molecule has 0 amide bonds. The van der Waals surface area contributed by atoms with Crippen molar-refractivity contribution >= 4 is 46.9 Å². The molecule has 0 atom stereocenters. The first-order chi connectivity index (χ1) is 1.73. The monoisotopic (exact) mass is 306 g/mol. The summed E-state index contributed by atoms with van der Waals surface area (Å²) in [6, 6.07) is 0. The summed E-state index contributed by atoms with van der Waals surface area (Å²) in [6.07, 6.45) is 0. The maximum Gasteiger partial charge on any atom is 2.00 e. The van der Waals surface area contributed by atoms with Crippen LogP contribution in [-0.2, 0) is 52.4 Å². The number of hydrogen-bond donors (Lipinski definition) is 2. The summed E-state index contributed by atoms with van der Waals surface area (Å²) in [6.45, 7) is 0. The summed E-state index contributed by atoms with van der Waals surface area (Å²) in [7, 11) is -3.13. The SMILES string of the molecule is O=[Si](O)O.[Ca+2].[H-].[H-].[H-].[H-].[K+].[Li+].[Ti].[Zr]. The molecular formula is H6CaKLiO3SiTiZr. The first-order valence-electron chi connectivity index (χ1n) is 0.651. The van der Waals surface area contributed by atoms with Gasteiger partial charge in [0.25, 0.3) is 0 Å². The average molecular weight is 307 g/mol. The molecule has 0 aromatic heterocycles. The van der Waals surface area contributed by atoms with Gasteiger partial charge < -0.3 is 15.3 Å². The van der Waals surface area contributed by atoms with Crippen LogP contribution < -0.4 is 70.2 Å². The Bertz CT molecular complexity index is 58.4. The molecule has 0 aliphatic carbocycles. The van der Waals surface area contributed by atoms with Crippen LogP contribution in [0.25, 0.3) is 0 Å². The van der Waals surface area contributed by atoms with Gasteiger partial charge in [0.05, 0.1) is 0 Å².